The quantitative estimate of drug-likeness (QED) is 0.645. The average Bonchev–Trinajstić information content (AvgIpc) is 3.53. The van der Waals surface area contributed by atoms with Crippen molar-refractivity contribution in [1.29, 1.82) is 0 Å². The molecule has 1 aliphatic heterocycles. The highest BCUT2D eigenvalue weighted by Gasteiger charge is 2.48. The van der Waals surface area contributed by atoms with E-state index in [9.17, 15) is 14.7 Å². The summed E-state index contributed by atoms with van der Waals surface area (Å²) >= 11 is 0. The lowest BCUT2D eigenvalue weighted by Crippen LogP contribution is -2.46. The van der Waals surface area contributed by atoms with Crippen molar-refractivity contribution in [1.82, 2.24) is 4.90 Å². The molecular formula is C26H33N3O3. The van der Waals surface area contributed by atoms with Gasteiger partial charge in [0, 0.05) is 47.5 Å². The smallest absolute Gasteiger partial charge is 0.408 e. The van der Waals surface area contributed by atoms with Crippen molar-refractivity contribution in [2.75, 3.05) is 23.3 Å². The molecule has 2 unspecified atom stereocenters. The van der Waals surface area contributed by atoms with Gasteiger partial charge in [0.2, 0.25) is 0 Å². The SMILES string of the molecule is CC(C)(C)N(C(=O)O)C1CC1c1ccc(NC(=O)c2cccc(N3CCCCC3)c2)cc1. The highest BCUT2D eigenvalue weighted by molar-refractivity contribution is 6.04. The number of rotatable bonds is 5. The molecule has 2 N–H and O–H groups in total. The van der Waals surface area contributed by atoms with E-state index in [-0.39, 0.29) is 17.9 Å². The fourth-order valence-corrected chi connectivity index (χ4v) is 4.76. The molecular weight excluding hydrogens is 402 g/mol. The first-order chi connectivity index (χ1) is 15.2. The Morgan fingerprint density at radius 3 is 2.34 bits per heavy atom. The minimum absolute atomic E-state index is 0.00506. The summed E-state index contributed by atoms with van der Waals surface area (Å²) in [6.07, 6.45) is 3.63. The number of hydrogen-bond acceptors (Lipinski definition) is 3. The topological polar surface area (TPSA) is 72.9 Å². The molecule has 2 fully saturated rings. The number of nitrogens with one attached hydrogen (secondary N) is 1. The molecule has 1 saturated carbocycles. The third-order valence-electron chi connectivity index (χ3n) is 6.44. The number of carboxylic acid groups (broad SMARTS) is 1. The third-order valence-corrected chi connectivity index (χ3v) is 6.44. The summed E-state index contributed by atoms with van der Waals surface area (Å²) in [5, 5.41) is 12.6. The van der Waals surface area contributed by atoms with E-state index >= 15 is 0 Å². The Morgan fingerprint density at radius 1 is 1.03 bits per heavy atom. The highest BCUT2D eigenvalue weighted by atomic mass is 16.4. The molecule has 0 radical (unpaired) electrons. The molecule has 6 nitrogen and oxygen atoms in total. The molecule has 0 aromatic heterocycles. The minimum atomic E-state index is -0.874. The van der Waals surface area contributed by atoms with Gasteiger partial charge in [-0.15, -0.1) is 0 Å². The predicted octanol–water partition coefficient (Wildman–Crippen LogP) is 5.56. The maximum absolute atomic E-state index is 12.8. The van der Waals surface area contributed by atoms with Gasteiger partial charge < -0.3 is 15.3 Å². The Labute approximate surface area is 190 Å². The standard InChI is InChI=1S/C26H33N3O3/c1-26(2,3)29(25(31)32)23-17-22(23)18-10-12-20(13-11-18)27-24(30)19-8-7-9-21(16-19)28-14-5-4-6-15-28/h7-13,16,22-23H,4-6,14-15,17H2,1-3H3,(H,27,30)(H,31,32). The Bertz CT molecular complexity index is 975. The first-order valence-corrected chi connectivity index (χ1v) is 11.5. The van der Waals surface area contributed by atoms with Crippen molar-refractivity contribution in [3.63, 3.8) is 0 Å². The third kappa shape index (κ3) is 4.90. The Morgan fingerprint density at radius 2 is 1.72 bits per heavy atom. The van der Waals surface area contributed by atoms with Crippen LogP contribution < -0.4 is 10.2 Å². The van der Waals surface area contributed by atoms with Crippen molar-refractivity contribution in [2.24, 2.45) is 0 Å². The first kappa shape index (κ1) is 22.2. The van der Waals surface area contributed by atoms with E-state index in [2.05, 4.69) is 16.3 Å². The second kappa shape index (κ2) is 8.85. The molecule has 6 heteroatoms. The summed E-state index contributed by atoms with van der Waals surface area (Å²) in [6.45, 7) is 7.87. The lowest BCUT2D eigenvalue weighted by Gasteiger charge is -2.33. The van der Waals surface area contributed by atoms with Crippen LogP contribution in [0.15, 0.2) is 48.5 Å². The van der Waals surface area contributed by atoms with Crippen LogP contribution in [0.1, 0.15) is 68.3 Å². The molecule has 2 aliphatic rings. The molecule has 170 valence electrons. The molecule has 0 bridgehead atoms. The molecule has 2 aromatic carbocycles. The normalized spacial score (nSPS) is 20.5. The van der Waals surface area contributed by atoms with Crippen molar-refractivity contribution in [3.8, 4) is 0 Å². The van der Waals surface area contributed by atoms with E-state index in [1.54, 1.807) is 4.90 Å². The summed E-state index contributed by atoms with van der Waals surface area (Å²) in [6, 6.07) is 15.6. The van der Waals surface area contributed by atoms with E-state index in [1.807, 2.05) is 63.2 Å². The second-order valence-corrected chi connectivity index (χ2v) is 9.91. The van der Waals surface area contributed by atoms with Gasteiger partial charge in [0.15, 0.2) is 0 Å². The van der Waals surface area contributed by atoms with Crippen molar-refractivity contribution in [3.05, 3.63) is 59.7 Å². The van der Waals surface area contributed by atoms with E-state index in [4.69, 9.17) is 0 Å². The first-order valence-electron chi connectivity index (χ1n) is 11.5. The van der Waals surface area contributed by atoms with Crippen LogP contribution in [-0.4, -0.2) is 46.7 Å². The fraction of sp³-hybridized carbons (Fsp3) is 0.462. The summed E-state index contributed by atoms with van der Waals surface area (Å²) in [5.41, 5.74) is 3.18. The molecule has 1 aliphatic carbocycles. The maximum atomic E-state index is 12.8. The summed E-state index contributed by atoms with van der Waals surface area (Å²) in [5.74, 6) is 0.0852. The van der Waals surface area contributed by atoms with E-state index in [0.717, 1.165) is 36.4 Å². The van der Waals surface area contributed by atoms with Crippen LogP contribution in [0, 0.1) is 0 Å². The number of anilines is 2. The molecule has 1 saturated heterocycles. The van der Waals surface area contributed by atoms with Gasteiger partial charge in [-0.3, -0.25) is 9.69 Å². The monoisotopic (exact) mass is 435 g/mol. The Kier molecular flexibility index (Phi) is 6.13. The molecule has 2 atom stereocenters. The van der Waals surface area contributed by atoms with Crippen LogP contribution in [-0.2, 0) is 0 Å². The second-order valence-electron chi connectivity index (χ2n) is 9.91. The lowest BCUT2D eigenvalue weighted by molar-refractivity contribution is 0.0939. The molecule has 2 amide bonds. The Hall–Kier alpha value is -3.02. The molecule has 32 heavy (non-hydrogen) atoms. The molecule has 1 heterocycles. The zero-order valence-electron chi connectivity index (χ0n) is 19.2. The summed E-state index contributed by atoms with van der Waals surface area (Å²) in [7, 11) is 0. The van der Waals surface area contributed by atoms with Gasteiger partial charge in [-0.05, 0) is 82.3 Å². The van der Waals surface area contributed by atoms with Gasteiger partial charge >= 0.3 is 6.09 Å². The lowest BCUT2D eigenvalue weighted by atomic mass is 10.0. The van der Waals surface area contributed by atoms with Gasteiger partial charge in [-0.25, -0.2) is 4.79 Å². The van der Waals surface area contributed by atoms with Gasteiger partial charge in [0.25, 0.3) is 5.91 Å². The Balaban J connectivity index is 1.39. The average molecular weight is 436 g/mol. The van der Waals surface area contributed by atoms with Gasteiger partial charge in [-0.1, -0.05) is 18.2 Å². The van der Waals surface area contributed by atoms with Crippen LogP contribution >= 0.6 is 0 Å². The number of carbonyl (C=O) groups is 2. The van der Waals surface area contributed by atoms with Crippen LogP contribution in [0.25, 0.3) is 0 Å². The highest BCUT2D eigenvalue weighted by Crippen LogP contribution is 2.47. The summed E-state index contributed by atoms with van der Waals surface area (Å²) in [4.78, 5) is 28.4. The van der Waals surface area contributed by atoms with Gasteiger partial charge in [0.1, 0.15) is 0 Å². The maximum Gasteiger partial charge on any atom is 0.408 e. The largest absolute Gasteiger partial charge is 0.465 e. The zero-order valence-corrected chi connectivity index (χ0v) is 19.2. The molecule has 4 rings (SSSR count). The number of carbonyl (C=O) groups excluding carboxylic acids is 1. The number of benzene rings is 2. The van der Waals surface area contributed by atoms with Gasteiger partial charge in [-0.2, -0.15) is 0 Å². The van der Waals surface area contributed by atoms with Crippen LogP contribution in [0.2, 0.25) is 0 Å². The van der Waals surface area contributed by atoms with E-state index in [1.165, 1.54) is 19.3 Å². The van der Waals surface area contributed by atoms with Crippen molar-refractivity contribution < 1.29 is 14.7 Å². The van der Waals surface area contributed by atoms with E-state index in [0.29, 0.717) is 5.56 Å². The van der Waals surface area contributed by atoms with Crippen molar-refractivity contribution in [2.45, 2.75) is 64.0 Å². The van der Waals surface area contributed by atoms with Gasteiger partial charge in [0.05, 0.1) is 0 Å². The van der Waals surface area contributed by atoms with Crippen LogP contribution in [0.3, 0.4) is 0 Å². The molecule has 0 spiro atoms. The number of hydrogen-bond donors (Lipinski definition) is 2. The van der Waals surface area contributed by atoms with Crippen LogP contribution in [0.5, 0.6) is 0 Å². The predicted molar refractivity (Wildman–Crippen MR) is 128 cm³/mol. The van der Waals surface area contributed by atoms with Crippen LogP contribution in [0.4, 0.5) is 16.2 Å². The number of piperidine rings is 1. The minimum Gasteiger partial charge on any atom is -0.465 e. The van der Waals surface area contributed by atoms with Crippen molar-refractivity contribution >= 4 is 23.4 Å². The fourth-order valence-electron chi connectivity index (χ4n) is 4.76. The summed E-state index contributed by atoms with van der Waals surface area (Å²) < 4.78 is 0. The zero-order chi connectivity index (χ0) is 22.9. The number of amides is 2. The molecule has 2 aromatic rings. The number of nitrogens with zero attached hydrogens (tertiary/aromatic N) is 2. The van der Waals surface area contributed by atoms with E-state index < -0.39 is 11.6 Å².